The molecule has 250 valence electrons. The number of nitrogens with two attached hydrogens (primary N) is 1. The van der Waals surface area contributed by atoms with Gasteiger partial charge in [-0.15, -0.1) is 11.6 Å². The van der Waals surface area contributed by atoms with Crippen LogP contribution < -0.4 is 20.1 Å². The number of methoxy groups -OCH3 is 1. The minimum atomic E-state index is -1.08. The number of carbonyl (C=O) groups is 4. The fraction of sp³-hybridized carbons (Fsp3) is 0.429. The Morgan fingerprint density at radius 1 is 1.04 bits per heavy atom. The average molecular weight is 666 g/mol. The maximum atomic E-state index is 13.4. The number of nitrogen functional groups attached to an aromatic ring is 1. The Hall–Kier alpha value is -4.51. The smallest absolute Gasteiger partial charge is 0.337 e. The molecule has 3 N–H and O–H groups in total. The van der Waals surface area contributed by atoms with Gasteiger partial charge in [0.15, 0.2) is 11.5 Å². The molecule has 2 aliphatic heterocycles. The van der Waals surface area contributed by atoms with E-state index in [-0.39, 0.29) is 59.9 Å². The molecule has 0 unspecified atom stereocenters. The zero-order valence-corrected chi connectivity index (χ0v) is 27.4. The number of unbranched alkanes of at least 4 members (excludes halogenated alkanes) is 2. The highest BCUT2D eigenvalue weighted by Gasteiger charge is 2.37. The number of carboxylic acids is 1. The van der Waals surface area contributed by atoms with Gasteiger partial charge in [-0.3, -0.25) is 14.4 Å². The third-order valence-corrected chi connectivity index (χ3v) is 9.21. The van der Waals surface area contributed by atoms with Crippen molar-refractivity contribution >= 4 is 57.5 Å². The molecule has 0 aliphatic carbocycles. The van der Waals surface area contributed by atoms with Crippen molar-refractivity contribution in [2.75, 3.05) is 49.9 Å². The number of nitrogens with zero attached hydrogens (tertiary/aromatic N) is 2. The summed E-state index contributed by atoms with van der Waals surface area (Å²) in [6, 6.07) is 12.1. The van der Waals surface area contributed by atoms with Crippen molar-refractivity contribution in [3.8, 4) is 11.5 Å². The number of benzene rings is 3. The second kappa shape index (κ2) is 14.9. The number of amides is 2. The third-order valence-electron chi connectivity index (χ3n) is 8.84. The number of hydrogen-bond donors (Lipinski definition) is 2. The predicted octanol–water partition coefficient (Wildman–Crippen LogP) is 5.60. The number of anilines is 2. The van der Waals surface area contributed by atoms with Crippen LogP contribution in [-0.4, -0.2) is 79.1 Å². The van der Waals surface area contributed by atoms with Crippen molar-refractivity contribution in [1.29, 1.82) is 0 Å². The molecule has 5 rings (SSSR count). The van der Waals surface area contributed by atoms with E-state index in [4.69, 9.17) is 31.5 Å². The van der Waals surface area contributed by atoms with E-state index in [1.54, 1.807) is 28.0 Å². The van der Waals surface area contributed by atoms with Crippen molar-refractivity contribution in [2.24, 2.45) is 0 Å². The van der Waals surface area contributed by atoms with Gasteiger partial charge in [-0.25, -0.2) is 4.79 Å². The van der Waals surface area contributed by atoms with Gasteiger partial charge in [0.2, 0.25) is 5.91 Å². The number of esters is 1. The Morgan fingerprint density at radius 3 is 2.55 bits per heavy atom. The molecule has 2 amide bonds. The number of carboxylic acid groups (broad SMARTS) is 1. The number of alkyl halides is 1. The first-order valence-corrected chi connectivity index (χ1v) is 16.4. The average Bonchev–Trinajstić information content (AvgIpc) is 3.70. The zero-order valence-electron chi connectivity index (χ0n) is 26.6. The van der Waals surface area contributed by atoms with E-state index in [0.29, 0.717) is 61.7 Å². The monoisotopic (exact) mass is 665 g/mol. The topological polar surface area (TPSA) is 149 Å². The summed E-state index contributed by atoms with van der Waals surface area (Å²) in [7, 11) is 1.49. The maximum absolute atomic E-state index is 13.4. The van der Waals surface area contributed by atoms with E-state index in [1.807, 2.05) is 24.3 Å². The van der Waals surface area contributed by atoms with E-state index in [0.717, 1.165) is 29.2 Å². The van der Waals surface area contributed by atoms with Crippen molar-refractivity contribution < 1.29 is 38.5 Å². The fourth-order valence-electron chi connectivity index (χ4n) is 6.54. The minimum Gasteiger partial charge on any atom is -0.493 e. The molecular formula is C35H40ClN3O8. The molecule has 3 aromatic rings. The van der Waals surface area contributed by atoms with Crippen LogP contribution in [0.15, 0.2) is 42.5 Å². The van der Waals surface area contributed by atoms with Crippen LogP contribution in [0.4, 0.5) is 11.4 Å². The van der Waals surface area contributed by atoms with Gasteiger partial charge in [0.25, 0.3) is 5.91 Å². The largest absolute Gasteiger partial charge is 0.493 e. The summed E-state index contributed by atoms with van der Waals surface area (Å²) < 4.78 is 16.6. The van der Waals surface area contributed by atoms with Crippen LogP contribution in [0.3, 0.4) is 0 Å². The van der Waals surface area contributed by atoms with E-state index >= 15 is 0 Å². The first-order chi connectivity index (χ1) is 22.6. The Kier molecular flexibility index (Phi) is 10.8. The lowest BCUT2D eigenvalue weighted by Gasteiger charge is -2.25. The normalized spacial score (nSPS) is 17.1. The minimum absolute atomic E-state index is 0.108. The molecule has 12 heteroatoms. The summed E-state index contributed by atoms with van der Waals surface area (Å²) in [5, 5.41) is 11.7. The molecule has 0 spiro atoms. The molecular weight excluding hydrogens is 626 g/mol. The van der Waals surface area contributed by atoms with E-state index in [1.165, 1.54) is 14.0 Å². The summed E-state index contributed by atoms with van der Waals surface area (Å²) in [6.45, 7) is 2.71. The number of rotatable bonds is 13. The number of ether oxygens (including phenoxy) is 3. The van der Waals surface area contributed by atoms with Crippen LogP contribution in [0.25, 0.3) is 10.8 Å². The van der Waals surface area contributed by atoms with Crippen LogP contribution in [0.5, 0.6) is 11.5 Å². The van der Waals surface area contributed by atoms with Crippen LogP contribution in [0, 0.1) is 0 Å². The molecule has 1 fully saturated rings. The van der Waals surface area contributed by atoms with Gasteiger partial charge in [0.05, 0.1) is 36.6 Å². The standard InChI is InChI=1S/C35H40ClN3O8/c1-21(40)47-20-24-10-8-13-38(24)34(42)26-16-29(45-2)30(17-28(26)37)46-14-7-3-4-12-31(41)39-19-23(18-36)32-25-11-6-5-9-22(25)15-27(33(32)39)35(43)44/h5-6,9,11,15-17,23-24H,3-4,7-8,10,12-14,18-20,37H2,1-2H3,(H,43,44)/t23-,24+/m1/s1. The van der Waals surface area contributed by atoms with Gasteiger partial charge in [-0.2, -0.15) is 0 Å². The van der Waals surface area contributed by atoms with E-state index < -0.39 is 5.97 Å². The number of carbonyl (C=O) groups excluding carboxylic acids is 3. The summed E-state index contributed by atoms with van der Waals surface area (Å²) in [5.74, 6) is -0.964. The molecule has 47 heavy (non-hydrogen) atoms. The number of aromatic carboxylic acids is 1. The quantitative estimate of drug-likeness (QED) is 0.103. The molecule has 11 nitrogen and oxygen atoms in total. The molecule has 0 radical (unpaired) electrons. The maximum Gasteiger partial charge on any atom is 0.337 e. The number of fused-ring (bicyclic) bond motifs is 3. The summed E-state index contributed by atoms with van der Waals surface area (Å²) in [6.07, 6.45) is 3.73. The second-order valence-electron chi connectivity index (χ2n) is 11.9. The highest BCUT2D eigenvalue weighted by molar-refractivity contribution is 6.19. The van der Waals surface area contributed by atoms with Gasteiger partial charge < -0.3 is 34.9 Å². The Morgan fingerprint density at radius 2 is 1.83 bits per heavy atom. The molecule has 2 aliphatic rings. The van der Waals surface area contributed by atoms with E-state index in [9.17, 15) is 24.3 Å². The second-order valence-corrected chi connectivity index (χ2v) is 12.2. The van der Waals surface area contributed by atoms with Crippen LogP contribution in [-0.2, 0) is 14.3 Å². The van der Waals surface area contributed by atoms with Gasteiger partial charge in [0.1, 0.15) is 6.61 Å². The Labute approximate surface area is 278 Å². The first-order valence-electron chi connectivity index (χ1n) is 15.8. The molecule has 0 aromatic heterocycles. The van der Waals surface area contributed by atoms with E-state index in [2.05, 4.69) is 0 Å². The number of halogens is 1. The summed E-state index contributed by atoms with van der Waals surface area (Å²) in [5.41, 5.74) is 8.21. The lowest BCUT2D eigenvalue weighted by atomic mass is 9.93. The molecule has 0 bridgehead atoms. The number of hydrogen-bond acceptors (Lipinski definition) is 8. The third kappa shape index (κ3) is 7.25. The number of likely N-dealkylation sites (tertiary alicyclic amines) is 1. The van der Waals surface area contributed by atoms with Crippen molar-refractivity contribution in [2.45, 2.75) is 57.4 Å². The van der Waals surface area contributed by atoms with Crippen molar-refractivity contribution in [3.63, 3.8) is 0 Å². The Balaban J connectivity index is 1.16. The highest BCUT2D eigenvalue weighted by Crippen LogP contribution is 2.44. The lowest BCUT2D eigenvalue weighted by molar-refractivity contribution is -0.142. The molecule has 2 atom stereocenters. The zero-order chi connectivity index (χ0) is 33.7. The van der Waals surface area contributed by atoms with Crippen LogP contribution >= 0.6 is 11.6 Å². The first kappa shape index (κ1) is 33.8. The van der Waals surface area contributed by atoms with Crippen molar-refractivity contribution in [1.82, 2.24) is 4.90 Å². The fourth-order valence-corrected chi connectivity index (χ4v) is 6.79. The molecule has 3 aromatic carbocycles. The highest BCUT2D eigenvalue weighted by atomic mass is 35.5. The Bertz CT molecular complexity index is 1680. The van der Waals surface area contributed by atoms with Crippen molar-refractivity contribution in [3.05, 3.63) is 59.2 Å². The molecule has 0 saturated carbocycles. The predicted molar refractivity (Wildman–Crippen MR) is 179 cm³/mol. The summed E-state index contributed by atoms with van der Waals surface area (Å²) >= 11 is 6.31. The summed E-state index contributed by atoms with van der Waals surface area (Å²) in [4.78, 5) is 53.5. The van der Waals surface area contributed by atoms with Crippen LogP contribution in [0.2, 0.25) is 0 Å². The van der Waals surface area contributed by atoms with Gasteiger partial charge in [0, 0.05) is 50.0 Å². The van der Waals surface area contributed by atoms with Gasteiger partial charge in [-0.1, -0.05) is 24.3 Å². The molecule has 1 saturated heterocycles. The van der Waals surface area contributed by atoms with Gasteiger partial charge >= 0.3 is 11.9 Å². The van der Waals surface area contributed by atoms with Gasteiger partial charge in [-0.05, 0) is 60.6 Å². The lowest BCUT2D eigenvalue weighted by Crippen LogP contribution is -2.39. The SMILES string of the molecule is COc1cc(C(=O)N2CCC[C@H]2COC(C)=O)c(N)cc1OCCCCCC(=O)N1C[C@@H](CCl)c2c1c(C(=O)O)cc1ccccc21. The molecule has 2 heterocycles. The van der Waals surface area contributed by atoms with Crippen LogP contribution in [0.1, 0.15) is 77.6 Å².